The summed E-state index contributed by atoms with van der Waals surface area (Å²) in [5, 5.41) is 6.50. The van der Waals surface area contributed by atoms with Gasteiger partial charge in [-0.05, 0) is 22.4 Å². The minimum atomic E-state index is 0.710. The lowest BCUT2D eigenvalue weighted by atomic mass is 10.5. The first-order chi connectivity index (χ1) is 4.84. The van der Waals surface area contributed by atoms with Crippen molar-refractivity contribution in [1.82, 2.24) is 10.2 Å². The fourth-order valence-electron chi connectivity index (χ4n) is 0.565. The minimum Gasteiger partial charge on any atom is -0.477 e. The summed E-state index contributed by atoms with van der Waals surface area (Å²) in [5.74, 6) is 0.710. The van der Waals surface area contributed by atoms with E-state index in [0.29, 0.717) is 5.88 Å². The molecule has 3 nitrogen and oxygen atoms in total. The molecule has 0 bridgehead atoms. The molecule has 0 fully saturated rings. The molecule has 1 aromatic heterocycles. The highest BCUT2D eigenvalue weighted by Gasteiger charge is 1.99. The average Bonchev–Trinajstić information content (AvgIpc) is 2.31. The van der Waals surface area contributed by atoms with Crippen LogP contribution in [0.15, 0.2) is 10.7 Å². The number of nitrogens with zero attached hydrogens (tertiary/aromatic N) is 1. The van der Waals surface area contributed by atoms with Crippen LogP contribution in [0.2, 0.25) is 0 Å². The highest BCUT2D eigenvalue weighted by atomic mass is 79.9. The van der Waals surface area contributed by atoms with E-state index in [-0.39, 0.29) is 0 Å². The van der Waals surface area contributed by atoms with Crippen LogP contribution in [-0.4, -0.2) is 16.8 Å². The number of nitrogens with one attached hydrogen (secondary N) is 1. The number of hydrogen-bond acceptors (Lipinski definition) is 2. The van der Waals surface area contributed by atoms with Gasteiger partial charge in [0.1, 0.15) is 0 Å². The molecular formula is C6H9BrN2O. The molecule has 0 atom stereocenters. The molecule has 0 aliphatic rings. The molecule has 0 radical (unpaired) electrons. The molecule has 0 saturated heterocycles. The highest BCUT2D eigenvalue weighted by Crippen LogP contribution is 2.20. The van der Waals surface area contributed by atoms with Crippen LogP contribution in [0.3, 0.4) is 0 Å². The van der Waals surface area contributed by atoms with Crippen LogP contribution in [0.5, 0.6) is 5.88 Å². The lowest BCUT2D eigenvalue weighted by Gasteiger charge is -1.99. The van der Waals surface area contributed by atoms with Gasteiger partial charge in [0.15, 0.2) is 0 Å². The van der Waals surface area contributed by atoms with Gasteiger partial charge in [0, 0.05) is 0 Å². The molecule has 0 saturated carbocycles. The second-order valence-corrected chi connectivity index (χ2v) is 2.75. The van der Waals surface area contributed by atoms with Gasteiger partial charge in [-0.15, -0.1) is 0 Å². The second-order valence-electron chi connectivity index (χ2n) is 1.90. The lowest BCUT2D eigenvalue weighted by molar-refractivity contribution is 0.303. The molecule has 1 N–H and O–H groups in total. The van der Waals surface area contributed by atoms with Crippen molar-refractivity contribution < 1.29 is 4.74 Å². The Bertz CT molecular complexity index is 199. The average molecular weight is 205 g/mol. The summed E-state index contributed by atoms with van der Waals surface area (Å²) in [7, 11) is 0. The number of hydrogen-bond donors (Lipinski definition) is 1. The Balaban J connectivity index is 2.49. The molecular weight excluding hydrogens is 196 g/mol. The van der Waals surface area contributed by atoms with Crippen molar-refractivity contribution in [3.8, 4) is 5.88 Å². The summed E-state index contributed by atoms with van der Waals surface area (Å²) in [6.07, 6.45) is 2.68. The number of aromatic nitrogens is 2. The first-order valence-corrected chi connectivity index (χ1v) is 3.95. The fraction of sp³-hybridized carbons (Fsp3) is 0.500. The van der Waals surface area contributed by atoms with Gasteiger partial charge >= 0.3 is 0 Å². The third-order valence-electron chi connectivity index (χ3n) is 1.01. The van der Waals surface area contributed by atoms with E-state index < -0.39 is 0 Å². The van der Waals surface area contributed by atoms with E-state index in [2.05, 4.69) is 33.1 Å². The lowest BCUT2D eigenvalue weighted by Crippen LogP contribution is -1.95. The fourth-order valence-corrected chi connectivity index (χ4v) is 0.870. The van der Waals surface area contributed by atoms with E-state index in [9.17, 15) is 0 Å². The zero-order valence-electron chi connectivity index (χ0n) is 5.72. The van der Waals surface area contributed by atoms with Gasteiger partial charge in [0.05, 0.1) is 17.3 Å². The van der Waals surface area contributed by atoms with Gasteiger partial charge in [-0.3, -0.25) is 0 Å². The standard InChI is InChI=1S/C6H9BrN2O/c1-2-3-10-6-5(7)4-8-9-6/h4H,2-3H2,1H3,(H,8,9). The summed E-state index contributed by atoms with van der Waals surface area (Å²) >= 11 is 3.28. The molecule has 10 heavy (non-hydrogen) atoms. The molecule has 56 valence electrons. The Morgan fingerprint density at radius 3 is 3.10 bits per heavy atom. The van der Waals surface area contributed by atoms with E-state index in [4.69, 9.17) is 4.74 Å². The van der Waals surface area contributed by atoms with Crippen molar-refractivity contribution in [2.75, 3.05) is 6.61 Å². The van der Waals surface area contributed by atoms with Crippen molar-refractivity contribution in [1.29, 1.82) is 0 Å². The Morgan fingerprint density at radius 2 is 2.60 bits per heavy atom. The van der Waals surface area contributed by atoms with Gasteiger partial charge in [0.25, 0.3) is 0 Å². The maximum atomic E-state index is 5.26. The summed E-state index contributed by atoms with van der Waals surface area (Å²) in [4.78, 5) is 0. The molecule has 0 aromatic carbocycles. The number of rotatable bonds is 3. The van der Waals surface area contributed by atoms with E-state index in [1.807, 2.05) is 0 Å². The van der Waals surface area contributed by atoms with E-state index in [0.717, 1.165) is 17.5 Å². The normalized spacial score (nSPS) is 9.80. The van der Waals surface area contributed by atoms with Gasteiger partial charge in [-0.25, -0.2) is 5.10 Å². The summed E-state index contributed by atoms with van der Waals surface area (Å²) < 4.78 is 6.14. The third kappa shape index (κ3) is 1.73. The van der Waals surface area contributed by atoms with Crippen LogP contribution in [0.1, 0.15) is 13.3 Å². The largest absolute Gasteiger partial charge is 0.477 e. The predicted molar refractivity (Wildman–Crippen MR) is 42.1 cm³/mol. The first kappa shape index (κ1) is 7.60. The first-order valence-electron chi connectivity index (χ1n) is 3.16. The SMILES string of the molecule is CCCOc1[nH]ncc1Br. The van der Waals surface area contributed by atoms with Crippen LogP contribution in [0.25, 0.3) is 0 Å². The van der Waals surface area contributed by atoms with E-state index >= 15 is 0 Å². The van der Waals surface area contributed by atoms with E-state index in [1.54, 1.807) is 6.20 Å². The molecule has 0 spiro atoms. The van der Waals surface area contributed by atoms with Crippen molar-refractivity contribution in [2.45, 2.75) is 13.3 Å². The molecule has 0 aliphatic heterocycles. The van der Waals surface area contributed by atoms with Crippen LogP contribution < -0.4 is 4.74 Å². The summed E-state index contributed by atoms with van der Waals surface area (Å²) in [5.41, 5.74) is 0. The van der Waals surface area contributed by atoms with E-state index in [1.165, 1.54) is 0 Å². The molecule has 0 aliphatic carbocycles. The van der Waals surface area contributed by atoms with Crippen LogP contribution in [-0.2, 0) is 0 Å². The van der Waals surface area contributed by atoms with Gasteiger partial charge < -0.3 is 4.74 Å². The highest BCUT2D eigenvalue weighted by molar-refractivity contribution is 9.10. The quantitative estimate of drug-likeness (QED) is 0.818. The zero-order chi connectivity index (χ0) is 7.40. The minimum absolute atomic E-state index is 0.710. The number of aromatic amines is 1. The van der Waals surface area contributed by atoms with Crippen molar-refractivity contribution >= 4 is 15.9 Å². The Kier molecular flexibility index (Phi) is 2.74. The molecule has 0 amide bonds. The number of H-pyrrole nitrogens is 1. The Labute approximate surface area is 67.9 Å². The number of ether oxygens (including phenoxy) is 1. The summed E-state index contributed by atoms with van der Waals surface area (Å²) in [6, 6.07) is 0. The maximum absolute atomic E-state index is 5.26. The van der Waals surface area contributed by atoms with Crippen molar-refractivity contribution in [3.05, 3.63) is 10.7 Å². The van der Waals surface area contributed by atoms with Crippen molar-refractivity contribution in [2.24, 2.45) is 0 Å². The smallest absolute Gasteiger partial charge is 0.223 e. The maximum Gasteiger partial charge on any atom is 0.223 e. The van der Waals surface area contributed by atoms with Crippen LogP contribution >= 0.6 is 15.9 Å². The molecule has 1 heterocycles. The van der Waals surface area contributed by atoms with Crippen LogP contribution in [0, 0.1) is 0 Å². The predicted octanol–water partition coefficient (Wildman–Crippen LogP) is 1.96. The molecule has 0 unspecified atom stereocenters. The Hall–Kier alpha value is -0.510. The Morgan fingerprint density at radius 1 is 1.80 bits per heavy atom. The molecule has 1 rings (SSSR count). The van der Waals surface area contributed by atoms with Gasteiger partial charge in [-0.2, -0.15) is 5.10 Å². The van der Waals surface area contributed by atoms with Gasteiger partial charge in [-0.1, -0.05) is 6.92 Å². The van der Waals surface area contributed by atoms with Gasteiger partial charge in [0.2, 0.25) is 5.88 Å². The second kappa shape index (κ2) is 3.61. The molecule has 4 heteroatoms. The number of halogens is 1. The van der Waals surface area contributed by atoms with Crippen LogP contribution in [0.4, 0.5) is 0 Å². The monoisotopic (exact) mass is 204 g/mol. The topological polar surface area (TPSA) is 37.9 Å². The summed E-state index contributed by atoms with van der Waals surface area (Å²) in [6.45, 7) is 2.78. The zero-order valence-corrected chi connectivity index (χ0v) is 7.31. The van der Waals surface area contributed by atoms with Crippen molar-refractivity contribution in [3.63, 3.8) is 0 Å². The molecule has 1 aromatic rings. The third-order valence-corrected chi connectivity index (χ3v) is 1.58.